The van der Waals surface area contributed by atoms with Gasteiger partial charge in [0.25, 0.3) is 17.4 Å². The van der Waals surface area contributed by atoms with E-state index in [1.54, 1.807) is 60.9 Å². The van der Waals surface area contributed by atoms with Crippen molar-refractivity contribution in [3.63, 3.8) is 0 Å². The van der Waals surface area contributed by atoms with Crippen molar-refractivity contribution in [2.45, 2.75) is 200 Å². The predicted molar refractivity (Wildman–Crippen MR) is 509 cm³/mol. The van der Waals surface area contributed by atoms with Gasteiger partial charge in [-0.15, -0.1) is 12.6 Å². The van der Waals surface area contributed by atoms with Gasteiger partial charge in [-0.3, -0.25) is 53.1 Å². The van der Waals surface area contributed by atoms with Crippen molar-refractivity contribution in [3.05, 3.63) is 205 Å². The second kappa shape index (κ2) is 58.3. The van der Waals surface area contributed by atoms with Crippen molar-refractivity contribution in [1.29, 1.82) is 0 Å². The molecule has 2 aromatic heterocycles. The van der Waals surface area contributed by atoms with Crippen molar-refractivity contribution in [1.82, 2.24) is 30.6 Å². The van der Waals surface area contributed by atoms with Gasteiger partial charge in [-0.2, -0.15) is 40.2 Å². The van der Waals surface area contributed by atoms with E-state index < -0.39 is 52.0 Å². The van der Waals surface area contributed by atoms with E-state index in [0.29, 0.717) is 136 Å². The third-order valence-corrected chi connectivity index (χ3v) is 25.8. The number of nitrogens with one attached hydrogen (secondary N) is 3. The number of hydrogen-bond acceptors (Lipinski definition) is 31. The van der Waals surface area contributed by atoms with E-state index in [1.807, 2.05) is 84.3 Å². The molecule has 12 rings (SSSR count). The second-order valence-corrected chi connectivity index (χ2v) is 36.7. The largest absolute Gasteiger partial charge is 1.00 e. The summed E-state index contributed by atoms with van der Waals surface area (Å²) in [4.78, 5) is 190. The Morgan fingerprint density at radius 3 is 1.93 bits per heavy atom. The number of nitrogens with two attached hydrogens (primary N) is 3. The van der Waals surface area contributed by atoms with E-state index >= 15 is 0 Å². The molecular weight excluding hydrogens is 1850 g/mol. The number of aromatic amines is 1. The number of carboxylic acids is 1. The molecule has 4 aliphatic rings. The molecule has 41 heteroatoms. The molecule has 6 heterocycles. The Hall–Kier alpha value is -12.4. The van der Waals surface area contributed by atoms with Crippen LogP contribution in [0.15, 0.2) is 131 Å². The number of hydrogen-bond donors (Lipinski definition) is 7. The van der Waals surface area contributed by atoms with Gasteiger partial charge in [0, 0.05) is 108 Å². The molecule has 0 unspecified atom stereocenters. The number of aryl methyl sites for hydroxylation is 4. The minimum atomic E-state index is -3.11. The number of H-pyrrole nitrogens is 1. The SMILES string of the molecule is CCCOCCOCCN(CC(C)(C)SSCCCC(=O)[C@@H](C)NC(=O)[C@@H](CCCN=C(N)N)CC(=O)[C@@H](C)NC(=O)CCC)c1cc(COc2cc3c(cc2C)C(=O)N2c4ccccc4C[C@H]2CC3)cc(COc2cc3c(cc2OC)C(=O)N2c4ccccc4C[C@H]2[CH-]C3)c1.C[C@@H](CC(=O)c1ccc(CCc2cnc3nc(N)[nH]c(=O)c3n2)cc1)C(=O)O.O=C=O.O=C=O.O=C=O.O=S(=O)=O.[Na+]. The number of rotatable bonds is 44. The molecule has 732 valence electrons. The molecule has 6 atom stereocenters. The summed E-state index contributed by atoms with van der Waals surface area (Å²) in [5.74, 6) is -1.42. The number of para-hydroxylation sites is 2. The van der Waals surface area contributed by atoms with Crippen LogP contribution in [0.1, 0.15) is 194 Å². The number of carboxylic acid groups (broad SMARTS) is 1. The van der Waals surface area contributed by atoms with E-state index in [-0.39, 0.29) is 162 Å². The smallest absolute Gasteiger partial charge is 0.493 e. The zero-order valence-electron chi connectivity index (χ0n) is 78.9. The van der Waals surface area contributed by atoms with Crippen LogP contribution in [0.3, 0.4) is 0 Å². The number of benzene rings is 6. The Bertz CT molecular complexity index is 5820. The Labute approximate surface area is 830 Å². The van der Waals surface area contributed by atoms with Gasteiger partial charge < -0.3 is 77.7 Å². The van der Waals surface area contributed by atoms with Gasteiger partial charge in [0.2, 0.25) is 17.8 Å². The summed E-state index contributed by atoms with van der Waals surface area (Å²) in [6.45, 7) is 19.0. The molecule has 4 aliphatic heterocycles. The molecule has 0 saturated heterocycles. The van der Waals surface area contributed by atoms with E-state index in [1.165, 1.54) is 12.5 Å². The van der Waals surface area contributed by atoms with Gasteiger partial charge >= 0.3 is 64.6 Å². The standard InChI is InChI=1S/C75H97N8O11S2.C19H19N5O4.3CO2.Na.O3S/c1-9-17-70(86)79-50(5)66(85)41-57(20-15-28-78-74(76)77)71(87)80-49(4)65(84)23-16-34-95-96-75(6,7)47-81(29-31-92-33-32-91-30-10-2)60-37-51(45-93-67-42-53-24-26-58-39-55-18-11-13-21-63(55)82(58)72(88)61(53)35-48(67)3)36-52(38-60)46-94-69-43-54-25-27-59-40-56-19-12-14-22-64(56)83(59)73(89)62(54)44-68(69)90-8;1-10(18(27)28)8-14(25)12-5-2-11(3-6-12)4-7-13-9-21-16-15(22-13)17(26)24-19(20)23-16;3*2-1-3;;1-4(2)3/h11-14,18-19,21-22,27,35-38,42-44,49-50,57-59H,9-10,15-17,20,23-26,28-34,39-41,45-47H2,1-8H3,(H,79,86)(H,80,87)(H4,76,77,78);2-3,5-6,9-10H,4,7-8H2,1H3,(H,27,28)(H3,20,21,23,24,26);;;;;/q-1;;;;;+1;/t49-,50-,57+,58-,59-;10-;;;;;/m10...../s1. The van der Waals surface area contributed by atoms with Crippen LogP contribution in [0.4, 0.5) is 23.0 Å². The predicted octanol–water partition coefficient (Wildman–Crippen LogP) is 6.83. The van der Waals surface area contributed by atoms with E-state index in [4.69, 9.17) is 87.4 Å². The Balaban J connectivity index is 0.000000575. The first-order chi connectivity index (χ1) is 65.5. The average molecular weight is 1970 g/mol. The van der Waals surface area contributed by atoms with Crippen molar-refractivity contribution in [3.8, 4) is 17.2 Å². The molecule has 6 aromatic carbocycles. The molecule has 4 amide bonds. The number of nitrogen functional groups attached to an aromatic ring is 1. The Morgan fingerprint density at radius 1 is 0.703 bits per heavy atom. The Morgan fingerprint density at radius 2 is 1.30 bits per heavy atom. The first-order valence-corrected chi connectivity index (χ1v) is 47.8. The van der Waals surface area contributed by atoms with Crippen LogP contribution < -0.4 is 91.9 Å². The van der Waals surface area contributed by atoms with Gasteiger partial charge in [-0.05, 0) is 199 Å². The maximum Gasteiger partial charge on any atom is 1.00 e. The van der Waals surface area contributed by atoms with Crippen LogP contribution in [0.25, 0.3) is 11.2 Å². The van der Waals surface area contributed by atoms with Gasteiger partial charge in [0.05, 0.1) is 56.8 Å². The molecule has 0 radical (unpaired) electrons. The summed E-state index contributed by atoms with van der Waals surface area (Å²) in [6, 6.07) is 36.1. The number of aromatic nitrogens is 4. The van der Waals surface area contributed by atoms with Crippen LogP contribution in [0.2, 0.25) is 0 Å². The summed E-state index contributed by atoms with van der Waals surface area (Å²) >= 11 is 0. The molecule has 10 N–H and O–H groups in total. The normalized spacial score (nSPS) is 14.1. The molecule has 37 nitrogen and oxygen atoms in total. The molecule has 0 aliphatic carbocycles. The minimum absolute atomic E-state index is 0. The summed E-state index contributed by atoms with van der Waals surface area (Å²) in [5, 5.41) is 14.5. The second-order valence-electron chi connectivity index (χ2n) is 33.2. The number of anilines is 4. The van der Waals surface area contributed by atoms with Crippen molar-refractivity contribution in [2.24, 2.45) is 28.3 Å². The summed E-state index contributed by atoms with van der Waals surface area (Å²) < 4.78 is 56.6. The fourth-order valence-electron chi connectivity index (χ4n) is 15.8. The number of ketones is 3. The Kier molecular flexibility index (Phi) is 48.3. The van der Waals surface area contributed by atoms with Gasteiger partial charge in [0.15, 0.2) is 46.0 Å². The number of ether oxygens (including phenoxy) is 5. The number of carbonyl (C=O) groups is 8. The third kappa shape index (κ3) is 35.5. The molecule has 0 saturated carbocycles. The number of guanidine groups is 1. The van der Waals surface area contributed by atoms with Gasteiger partial charge in [0.1, 0.15) is 19.0 Å². The van der Waals surface area contributed by atoms with E-state index in [9.17, 15) is 43.2 Å². The number of amides is 4. The zero-order valence-corrected chi connectivity index (χ0v) is 83.3. The third-order valence-electron chi connectivity index (χ3n) is 22.4. The molecule has 0 fully saturated rings. The van der Waals surface area contributed by atoms with Crippen LogP contribution in [0, 0.1) is 25.2 Å². The monoisotopic (exact) mass is 1970 g/mol. The van der Waals surface area contributed by atoms with Crippen LogP contribution in [0.5, 0.6) is 17.2 Å². The topological polar surface area (TPSA) is 552 Å². The summed E-state index contributed by atoms with van der Waals surface area (Å²) in [6.07, 6.45) is 12.8. The van der Waals surface area contributed by atoms with Gasteiger partial charge in [-0.1, -0.05) is 115 Å². The number of aliphatic imine (C=N–C) groups is 1. The number of Topliss-reactive ketones (excluding diaryl/α,β-unsaturated/α-hetero) is 3. The maximum atomic E-state index is 14.4. The quantitative estimate of drug-likeness (QED) is 0.00391. The van der Waals surface area contributed by atoms with Crippen molar-refractivity contribution >= 4 is 138 Å². The number of aliphatic carboxylic acids is 1. The zero-order chi connectivity index (χ0) is 100. The van der Waals surface area contributed by atoms with E-state index in [0.717, 1.165) is 88.1 Å². The molecule has 138 heavy (non-hydrogen) atoms. The molecule has 8 aromatic rings. The minimum Gasteiger partial charge on any atom is -0.493 e. The number of methoxy groups -OCH3 is 1. The number of fused-ring (bicyclic) bond motifs is 9. The summed E-state index contributed by atoms with van der Waals surface area (Å²) in [7, 11) is 1.92. The van der Waals surface area contributed by atoms with Crippen LogP contribution in [-0.4, -0.2) is 197 Å². The number of carbonyl (C=O) groups excluding carboxylic acids is 13. The van der Waals surface area contributed by atoms with Crippen molar-refractivity contribution < 1.29 is 138 Å². The first-order valence-electron chi connectivity index (χ1n) is 44.5. The van der Waals surface area contributed by atoms with Crippen LogP contribution >= 0.6 is 21.6 Å². The van der Waals surface area contributed by atoms with Gasteiger partial charge in [-0.25, -0.2) is 9.97 Å². The van der Waals surface area contributed by atoms with E-state index in [2.05, 4.69) is 110 Å². The molecular formula is C97H116N13NaO24S3. The fraction of sp³-hybridized carbons (Fsp3) is 0.433. The maximum absolute atomic E-state index is 14.4. The van der Waals surface area contributed by atoms with Crippen LogP contribution in [-0.2, 0) is 125 Å². The fourth-order valence-corrected chi connectivity index (χ4v) is 18.4. The van der Waals surface area contributed by atoms with Crippen molar-refractivity contribution in [2.75, 3.05) is 79.4 Å². The summed E-state index contributed by atoms with van der Waals surface area (Å²) in [5.41, 5.74) is 29.6. The molecule has 0 bridgehead atoms. The first kappa shape index (κ1) is 114. The number of nitrogens with zero attached hydrogens (tertiary/aromatic N) is 7. The average Bonchev–Trinajstić information content (AvgIpc) is 1.61. The molecule has 0 spiro atoms.